The van der Waals surface area contributed by atoms with Gasteiger partial charge in [0.1, 0.15) is 17.5 Å². The number of aromatic nitrogens is 1. The lowest BCUT2D eigenvalue weighted by atomic mass is 9.96. The number of hydrogen-bond donors (Lipinski definition) is 1. The summed E-state index contributed by atoms with van der Waals surface area (Å²) in [5.74, 6) is 0.236. The zero-order valence-electron chi connectivity index (χ0n) is 13.5. The first-order chi connectivity index (χ1) is 11.5. The Morgan fingerprint density at radius 1 is 1.00 bits per heavy atom. The van der Waals surface area contributed by atoms with Gasteiger partial charge in [-0.05, 0) is 43.2 Å². The average Bonchev–Trinajstić information content (AvgIpc) is 2.55. The predicted octanol–water partition coefficient (Wildman–Crippen LogP) is 5.14. The molecule has 3 aromatic rings. The summed E-state index contributed by atoms with van der Waals surface area (Å²) in [5.41, 5.74) is 12.2. The summed E-state index contributed by atoms with van der Waals surface area (Å²) in [6, 6.07) is 17.6. The molecule has 0 aliphatic heterocycles. The highest BCUT2D eigenvalue weighted by Gasteiger charge is 2.14. The van der Waals surface area contributed by atoms with Crippen LogP contribution in [-0.2, 0) is 0 Å². The number of anilines is 1. The van der Waals surface area contributed by atoms with Crippen molar-refractivity contribution in [3.05, 3.63) is 70.2 Å². The van der Waals surface area contributed by atoms with Crippen molar-refractivity contribution in [1.29, 1.82) is 5.26 Å². The first kappa shape index (κ1) is 16.0. The molecule has 3 rings (SSSR count). The normalized spacial score (nSPS) is 10.4. The van der Waals surface area contributed by atoms with Gasteiger partial charge in [-0.25, -0.2) is 4.98 Å². The van der Waals surface area contributed by atoms with Crippen molar-refractivity contribution in [2.45, 2.75) is 13.8 Å². The van der Waals surface area contributed by atoms with Gasteiger partial charge in [0, 0.05) is 16.1 Å². The molecule has 118 valence electrons. The van der Waals surface area contributed by atoms with E-state index in [9.17, 15) is 5.26 Å². The summed E-state index contributed by atoms with van der Waals surface area (Å²) in [7, 11) is 0. The van der Waals surface area contributed by atoms with Crippen molar-refractivity contribution in [2.24, 2.45) is 0 Å². The number of benzene rings is 2. The SMILES string of the molecule is Cc1ccc(-c2cc(-c3ccc(Cl)cc3)c(C#N)c(N)n2)c(C)c1. The molecule has 0 saturated heterocycles. The summed E-state index contributed by atoms with van der Waals surface area (Å²) in [6.45, 7) is 4.09. The maximum Gasteiger partial charge on any atom is 0.142 e. The van der Waals surface area contributed by atoms with E-state index in [4.69, 9.17) is 17.3 Å². The molecule has 0 amide bonds. The van der Waals surface area contributed by atoms with Crippen LogP contribution in [-0.4, -0.2) is 4.98 Å². The quantitative estimate of drug-likeness (QED) is 0.706. The van der Waals surface area contributed by atoms with E-state index in [1.807, 2.05) is 37.3 Å². The number of hydrogen-bond acceptors (Lipinski definition) is 3. The summed E-state index contributed by atoms with van der Waals surface area (Å²) in [5, 5.41) is 10.1. The third-order valence-electron chi connectivity index (χ3n) is 3.97. The Hall–Kier alpha value is -2.83. The van der Waals surface area contributed by atoms with E-state index < -0.39 is 0 Å². The highest BCUT2D eigenvalue weighted by atomic mass is 35.5. The van der Waals surface area contributed by atoms with Crippen molar-refractivity contribution in [3.63, 3.8) is 0 Å². The molecule has 0 aliphatic carbocycles. The summed E-state index contributed by atoms with van der Waals surface area (Å²) >= 11 is 5.96. The van der Waals surface area contributed by atoms with Crippen LogP contribution in [0.3, 0.4) is 0 Å². The number of aryl methyl sites for hydroxylation is 2. The molecule has 2 N–H and O–H groups in total. The summed E-state index contributed by atoms with van der Waals surface area (Å²) in [6.07, 6.45) is 0. The molecule has 0 fully saturated rings. The maximum atomic E-state index is 9.47. The Morgan fingerprint density at radius 3 is 2.33 bits per heavy atom. The molecular formula is C20H16ClN3. The van der Waals surface area contributed by atoms with Gasteiger partial charge in [-0.1, -0.05) is 47.5 Å². The van der Waals surface area contributed by atoms with Gasteiger partial charge < -0.3 is 5.73 Å². The largest absolute Gasteiger partial charge is 0.383 e. The minimum Gasteiger partial charge on any atom is -0.383 e. The molecule has 0 radical (unpaired) electrons. The van der Waals surface area contributed by atoms with Crippen LogP contribution in [0, 0.1) is 25.2 Å². The second-order valence-corrected chi connectivity index (χ2v) is 6.19. The number of nitrogen functional groups attached to an aromatic ring is 1. The topological polar surface area (TPSA) is 62.7 Å². The van der Waals surface area contributed by atoms with Crippen molar-refractivity contribution in [2.75, 3.05) is 5.73 Å². The predicted molar refractivity (Wildman–Crippen MR) is 98.7 cm³/mol. The lowest BCUT2D eigenvalue weighted by Crippen LogP contribution is -2.00. The van der Waals surface area contributed by atoms with Crippen LogP contribution in [0.5, 0.6) is 0 Å². The monoisotopic (exact) mass is 333 g/mol. The Balaban J connectivity index is 2.24. The van der Waals surface area contributed by atoms with E-state index in [0.29, 0.717) is 10.6 Å². The molecule has 2 aromatic carbocycles. The molecule has 3 nitrogen and oxygen atoms in total. The van der Waals surface area contributed by atoms with E-state index in [1.54, 1.807) is 12.1 Å². The molecule has 0 atom stereocenters. The fourth-order valence-corrected chi connectivity index (χ4v) is 2.90. The van der Waals surface area contributed by atoms with Crippen molar-refractivity contribution < 1.29 is 0 Å². The lowest BCUT2D eigenvalue weighted by Gasteiger charge is -2.12. The van der Waals surface area contributed by atoms with Crippen molar-refractivity contribution >= 4 is 17.4 Å². The average molecular weight is 334 g/mol. The first-order valence-corrected chi connectivity index (χ1v) is 7.91. The molecule has 4 heteroatoms. The molecule has 1 heterocycles. The number of rotatable bonds is 2. The zero-order valence-corrected chi connectivity index (χ0v) is 14.2. The molecule has 0 aliphatic rings. The Labute approximate surface area is 146 Å². The number of halogens is 1. The van der Waals surface area contributed by atoms with Gasteiger partial charge in [0.2, 0.25) is 0 Å². The van der Waals surface area contributed by atoms with Gasteiger partial charge in [0.25, 0.3) is 0 Å². The second-order valence-electron chi connectivity index (χ2n) is 5.75. The molecular weight excluding hydrogens is 318 g/mol. The van der Waals surface area contributed by atoms with Gasteiger partial charge in [-0.3, -0.25) is 0 Å². The van der Waals surface area contributed by atoms with Crippen LogP contribution >= 0.6 is 11.6 Å². The van der Waals surface area contributed by atoms with Crippen LogP contribution in [0.25, 0.3) is 22.4 Å². The highest BCUT2D eigenvalue weighted by molar-refractivity contribution is 6.30. The number of nitrogens with zero attached hydrogens (tertiary/aromatic N) is 2. The molecule has 0 bridgehead atoms. The number of nitrogens with two attached hydrogens (primary N) is 1. The van der Waals surface area contributed by atoms with Gasteiger partial charge in [-0.2, -0.15) is 5.26 Å². The van der Waals surface area contributed by atoms with Gasteiger partial charge in [-0.15, -0.1) is 0 Å². The number of pyridine rings is 1. The summed E-state index contributed by atoms with van der Waals surface area (Å²) in [4.78, 5) is 4.44. The lowest BCUT2D eigenvalue weighted by molar-refractivity contribution is 1.28. The third kappa shape index (κ3) is 2.97. The Bertz CT molecular complexity index is 954. The number of nitriles is 1. The third-order valence-corrected chi connectivity index (χ3v) is 4.22. The minimum atomic E-state index is 0.236. The standard InChI is InChI=1S/C20H16ClN3/c1-12-3-8-16(13(2)9-12)19-10-17(18(11-22)20(23)24-19)14-4-6-15(21)7-5-14/h3-10H,1-2H3,(H2,23,24). The summed E-state index contributed by atoms with van der Waals surface area (Å²) < 4.78 is 0. The molecule has 24 heavy (non-hydrogen) atoms. The van der Waals surface area contributed by atoms with Gasteiger partial charge in [0.05, 0.1) is 5.69 Å². The van der Waals surface area contributed by atoms with Crippen LogP contribution in [0.4, 0.5) is 5.82 Å². The second kappa shape index (κ2) is 6.35. The van der Waals surface area contributed by atoms with E-state index in [-0.39, 0.29) is 5.82 Å². The fraction of sp³-hybridized carbons (Fsp3) is 0.100. The zero-order chi connectivity index (χ0) is 17.3. The molecule has 0 unspecified atom stereocenters. The van der Waals surface area contributed by atoms with E-state index in [2.05, 4.69) is 24.0 Å². The maximum absolute atomic E-state index is 9.47. The highest BCUT2D eigenvalue weighted by Crippen LogP contribution is 2.33. The minimum absolute atomic E-state index is 0.236. The van der Waals surface area contributed by atoms with Crippen LogP contribution in [0.1, 0.15) is 16.7 Å². The fourth-order valence-electron chi connectivity index (χ4n) is 2.78. The van der Waals surface area contributed by atoms with Crippen molar-refractivity contribution in [1.82, 2.24) is 4.98 Å². The Kier molecular flexibility index (Phi) is 4.24. The first-order valence-electron chi connectivity index (χ1n) is 7.54. The van der Waals surface area contributed by atoms with Crippen LogP contribution in [0.15, 0.2) is 48.5 Å². The van der Waals surface area contributed by atoms with Gasteiger partial charge >= 0.3 is 0 Å². The molecule has 1 aromatic heterocycles. The van der Waals surface area contributed by atoms with Crippen LogP contribution < -0.4 is 5.73 Å². The van der Waals surface area contributed by atoms with E-state index in [0.717, 1.165) is 27.9 Å². The molecule has 0 spiro atoms. The molecule has 0 saturated carbocycles. The van der Waals surface area contributed by atoms with Gasteiger partial charge in [0.15, 0.2) is 0 Å². The smallest absolute Gasteiger partial charge is 0.142 e. The van der Waals surface area contributed by atoms with E-state index >= 15 is 0 Å². The van der Waals surface area contributed by atoms with E-state index in [1.165, 1.54) is 5.56 Å². The van der Waals surface area contributed by atoms with Crippen molar-refractivity contribution in [3.8, 4) is 28.5 Å². The van der Waals surface area contributed by atoms with Crippen LogP contribution in [0.2, 0.25) is 5.02 Å². The Morgan fingerprint density at radius 2 is 1.71 bits per heavy atom.